The first-order chi connectivity index (χ1) is 10.4. The lowest BCUT2D eigenvalue weighted by Crippen LogP contribution is -2.49. The Morgan fingerprint density at radius 2 is 1.78 bits per heavy atom. The van der Waals surface area contributed by atoms with Gasteiger partial charge >= 0.3 is 5.97 Å². The third-order valence-corrected chi connectivity index (χ3v) is 4.35. The maximum atomic E-state index is 12.3. The van der Waals surface area contributed by atoms with E-state index in [-0.39, 0.29) is 17.7 Å². The molecule has 1 atom stereocenters. The Kier molecular flexibility index (Phi) is 6.19. The number of carboxylic acid groups (broad SMARTS) is 1. The van der Waals surface area contributed by atoms with Crippen LogP contribution in [0.25, 0.3) is 0 Å². The molecule has 6 nitrogen and oxygen atoms in total. The van der Waals surface area contributed by atoms with E-state index in [2.05, 4.69) is 5.32 Å². The van der Waals surface area contributed by atoms with Gasteiger partial charge in [-0.1, -0.05) is 20.8 Å². The van der Waals surface area contributed by atoms with E-state index in [0.29, 0.717) is 26.1 Å². The standard InChI is InChI=1S/C17H30N2O4/c1-16(2,3)14(21)19-10-6-7-12(11-19)13(20)18-9-8-17(4,5)15(22)23/h12H,6-11H2,1-5H3,(H,18,20)(H,22,23). The predicted octanol–water partition coefficient (Wildman–Crippen LogP) is 1.89. The Morgan fingerprint density at radius 3 is 2.30 bits per heavy atom. The molecule has 2 N–H and O–H groups in total. The largest absolute Gasteiger partial charge is 0.481 e. The van der Waals surface area contributed by atoms with Crippen LogP contribution < -0.4 is 5.32 Å². The maximum Gasteiger partial charge on any atom is 0.309 e. The third-order valence-electron chi connectivity index (χ3n) is 4.35. The smallest absolute Gasteiger partial charge is 0.309 e. The van der Waals surface area contributed by atoms with Crippen LogP contribution in [0.15, 0.2) is 0 Å². The summed E-state index contributed by atoms with van der Waals surface area (Å²) in [6, 6.07) is 0. The van der Waals surface area contributed by atoms with Gasteiger partial charge in [0.25, 0.3) is 0 Å². The number of carbonyl (C=O) groups is 3. The number of nitrogens with one attached hydrogen (secondary N) is 1. The van der Waals surface area contributed by atoms with Crippen molar-refractivity contribution in [1.82, 2.24) is 10.2 Å². The fraction of sp³-hybridized carbons (Fsp3) is 0.824. The van der Waals surface area contributed by atoms with Crippen molar-refractivity contribution in [1.29, 1.82) is 0 Å². The van der Waals surface area contributed by atoms with Crippen molar-refractivity contribution in [2.75, 3.05) is 19.6 Å². The molecule has 132 valence electrons. The normalized spacial score (nSPS) is 19.3. The first-order valence-electron chi connectivity index (χ1n) is 8.25. The van der Waals surface area contributed by atoms with E-state index in [1.54, 1.807) is 18.7 Å². The molecule has 1 unspecified atom stereocenters. The molecule has 0 aromatic carbocycles. The fourth-order valence-electron chi connectivity index (χ4n) is 2.60. The molecule has 0 spiro atoms. The summed E-state index contributed by atoms with van der Waals surface area (Å²) < 4.78 is 0. The minimum Gasteiger partial charge on any atom is -0.481 e. The molecular formula is C17H30N2O4. The van der Waals surface area contributed by atoms with Crippen molar-refractivity contribution in [3.05, 3.63) is 0 Å². The van der Waals surface area contributed by atoms with Crippen molar-refractivity contribution in [3.63, 3.8) is 0 Å². The zero-order chi connectivity index (χ0) is 17.8. The summed E-state index contributed by atoms with van der Waals surface area (Å²) in [6.07, 6.45) is 1.97. The van der Waals surface area contributed by atoms with Crippen LogP contribution in [0.5, 0.6) is 0 Å². The van der Waals surface area contributed by atoms with Crippen molar-refractivity contribution in [2.24, 2.45) is 16.7 Å². The first-order valence-corrected chi connectivity index (χ1v) is 8.25. The van der Waals surface area contributed by atoms with Gasteiger partial charge in [0.1, 0.15) is 0 Å². The van der Waals surface area contributed by atoms with Crippen molar-refractivity contribution in [3.8, 4) is 0 Å². The average molecular weight is 326 g/mol. The molecule has 1 rings (SSSR count). The lowest BCUT2D eigenvalue weighted by molar-refractivity contribution is -0.147. The summed E-state index contributed by atoms with van der Waals surface area (Å²) in [5.74, 6) is -1.09. The van der Waals surface area contributed by atoms with Gasteiger partial charge in [0.05, 0.1) is 11.3 Å². The van der Waals surface area contributed by atoms with Gasteiger partial charge in [0, 0.05) is 25.0 Å². The molecule has 1 aliphatic heterocycles. The van der Waals surface area contributed by atoms with Gasteiger partial charge in [-0.25, -0.2) is 0 Å². The van der Waals surface area contributed by atoms with Gasteiger partial charge < -0.3 is 15.3 Å². The number of carboxylic acids is 1. The number of hydrogen-bond donors (Lipinski definition) is 2. The van der Waals surface area contributed by atoms with E-state index in [4.69, 9.17) is 5.11 Å². The van der Waals surface area contributed by atoms with Gasteiger partial charge in [-0.15, -0.1) is 0 Å². The molecule has 0 saturated carbocycles. The topological polar surface area (TPSA) is 86.7 Å². The fourth-order valence-corrected chi connectivity index (χ4v) is 2.60. The van der Waals surface area contributed by atoms with E-state index < -0.39 is 16.8 Å². The molecule has 0 aliphatic carbocycles. The van der Waals surface area contributed by atoms with Gasteiger partial charge in [0.2, 0.25) is 11.8 Å². The molecule has 2 amide bonds. The van der Waals surface area contributed by atoms with Crippen molar-refractivity contribution in [2.45, 2.75) is 53.9 Å². The molecule has 1 saturated heterocycles. The predicted molar refractivity (Wildman–Crippen MR) is 87.8 cm³/mol. The zero-order valence-electron chi connectivity index (χ0n) is 14.9. The summed E-state index contributed by atoms with van der Waals surface area (Å²) in [4.78, 5) is 37.4. The molecule has 23 heavy (non-hydrogen) atoms. The minimum absolute atomic E-state index is 0.0713. The number of likely N-dealkylation sites (tertiary alicyclic amines) is 1. The van der Waals surface area contributed by atoms with E-state index >= 15 is 0 Å². The third kappa shape index (κ3) is 5.52. The van der Waals surface area contributed by atoms with Gasteiger partial charge in [-0.3, -0.25) is 14.4 Å². The summed E-state index contributed by atoms with van der Waals surface area (Å²) in [5.41, 5.74) is -1.29. The monoisotopic (exact) mass is 326 g/mol. The second-order valence-corrected chi connectivity index (χ2v) is 8.07. The van der Waals surface area contributed by atoms with E-state index in [9.17, 15) is 14.4 Å². The number of hydrogen-bond acceptors (Lipinski definition) is 3. The van der Waals surface area contributed by atoms with Crippen LogP contribution in [-0.4, -0.2) is 47.4 Å². The quantitative estimate of drug-likeness (QED) is 0.808. The van der Waals surface area contributed by atoms with Crippen LogP contribution >= 0.6 is 0 Å². The highest BCUT2D eigenvalue weighted by molar-refractivity contribution is 5.84. The van der Waals surface area contributed by atoms with Crippen LogP contribution in [0.2, 0.25) is 0 Å². The number of carbonyl (C=O) groups excluding carboxylic acids is 2. The number of piperidine rings is 1. The molecule has 1 aliphatic rings. The highest BCUT2D eigenvalue weighted by Crippen LogP contribution is 2.24. The Balaban J connectivity index is 2.51. The molecule has 6 heteroatoms. The summed E-state index contributed by atoms with van der Waals surface area (Å²) >= 11 is 0. The minimum atomic E-state index is -0.869. The number of rotatable bonds is 5. The number of amides is 2. The van der Waals surface area contributed by atoms with Crippen molar-refractivity contribution >= 4 is 17.8 Å². The van der Waals surface area contributed by atoms with Gasteiger partial charge in [-0.2, -0.15) is 0 Å². The second-order valence-electron chi connectivity index (χ2n) is 8.07. The average Bonchev–Trinajstić information content (AvgIpc) is 2.45. The SMILES string of the molecule is CC(C)(C)C(=O)N1CCCC(C(=O)NCCC(C)(C)C(=O)O)C1. The highest BCUT2D eigenvalue weighted by atomic mass is 16.4. The zero-order valence-corrected chi connectivity index (χ0v) is 14.9. The van der Waals surface area contributed by atoms with Crippen LogP contribution in [0.4, 0.5) is 0 Å². The molecular weight excluding hydrogens is 296 g/mol. The van der Waals surface area contributed by atoms with Crippen molar-refractivity contribution < 1.29 is 19.5 Å². The maximum absolute atomic E-state index is 12.3. The van der Waals surface area contributed by atoms with Crippen LogP contribution in [0, 0.1) is 16.7 Å². The first kappa shape index (κ1) is 19.5. The Hall–Kier alpha value is -1.59. The molecule has 0 aromatic heterocycles. The lowest BCUT2D eigenvalue weighted by Gasteiger charge is -2.36. The molecule has 0 aromatic rings. The summed E-state index contributed by atoms with van der Waals surface area (Å²) in [5, 5.41) is 11.9. The van der Waals surface area contributed by atoms with E-state index in [0.717, 1.165) is 12.8 Å². The Morgan fingerprint density at radius 1 is 1.17 bits per heavy atom. The second kappa shape index (κ2) is 7.32. The Labute approximate surface area is 138 Å². The number of nitrogens with zero attached hydrogens (tertiary/aromatic N) is 1. The molecule has 1 fully saturated rings. The van der Waals surface area contributed by atoms with Crippen LogP contribution in [0.3, 0.4) is 0 Å². The van der Waals surface area contributed by atoms with E-state index in [1.807, 2.05) is 20.8 Å². The van der Waals surface area contributed by atoms with E-state index in [1.165, 1.54) is 0 Å². The molecule has 1 heterocycles. The van der Waals surface area contributed by atoms with Crippen LogP contribution in [0.1, 0.15) is 53.9 Å². The Bertz CT molecular complexity index is 466. The highest BCUT2D eigenvalue weighted by Gasteiger charge is 2.33. The lowest BCUT2D eigenvalue weighted by atomic mass is 9.89. The molecule has 0 radical (unpaired) electrons. The molecule has 0 bridgehead atoms. The van der Waals surface area contributed by atoms with Crippen LogP contribution in [-0.2, 0) is 14.4 Å². The summed E-state index contributed by atoms with van der Waals surface area (Å²) in [6.45, 7) is 10.4. The van der Waals surface area contributed by atoms with Gasteiger partial charge in [0.15, 0.2) is 0 Å². The number of aliphatic carboxylic acids is 1. The summed E-state index contributed by atoms with van der Waals surface area (Å²) in [7, 11) is 0. The van der Waals surface area contributed by atoms with Gasteiger partial charge in [-0.05, 0) is 33.1 Å².